The molecular formula is C14H11BrFNO2S. The van der Waals surface area contributed by atoms with Gasteiger partial charge in [-0.15, -0.1) is 0 Å². The van der Waals surface area contributed by atoms with Crippen molar-refractivity contribution in [3.63, 3.8) is 0 Å². The van der Waals surface area contributed by atoms with Crippen LogP contribution in [-0.2, 0) is 0 Å². The summed E-state index contributed by atoms with van der Waals surface area (Å²) in [6.07, 6.45) is 0. The smallest absolute Gasteiger partial charge is 0.141 e. The number of ether oxygens (including phenoxy) is 2. The third-order valence-electron chi connectivity index (χ3n) is 2.58. The van der Waals surface area contributed by atoms with Gasteiger partial charge in [-0.05, 0) is 46.3 Å². The number of hydrogen-bond acceptors (Lipinski definition) is 3. The number of benzene rings is 2. The molecule has 2 aromatic rings. The van der Waals surface area contributed by atoms with E-state index in [-0.39, 0.29) is 16.3 Å². The van der Waals surface area contributed by atoms with E-state index in [2.05, 4.69) is 15.9 Å². The summed E-state index contributed by atoms with van der Waals surface area (Å²) < 4.78 is 25.2. The van der Waals surface area contributed by atoms with E-state index in [0.717, 1.165) is 0 Å². The lowest BCUT2D eigenvalue weighted by Crippen LogP contribution is -2.13. The average Bonchev–Trinajstić information content (AvgIpc) is 2.40. The standard InChI is InChI=1S/C14H11BrFNO2S/c1-18-8-5-6-11(9(15)7-8)19-12-4-2-3-10(16)13(12)14(17)20/h2-7H,1H3,(H2,17,20). The topological polar surface area (TPSA) is 44.5 Å². The number of methoxy groups -OCH3 is 1. The van der Waals surface area contributed by atoms with Gasteiger partial charge in [0.25, 0.3) is 0 Å². The van der Waals surface area contributed by atoms with Gasteiger partial charge < -0.3 is 15.2 Å². The van der Waals surface area contributed by atoms with Gasteiger partial charge in [0.2, 0.25) is 0 Å². The lowest BCUT2D eigenvalue weighted by Gasteiger charge is -2.12. The van der Waals surface area contributed by atoms with Crippen molar-refractivity contribution in [3.05, 3.63) is 52.3 Å². The highest BCUT2D eigenvalue weighted by molar-refractivity contribution is 9.10. The van der Waals surface area contributed by atoms with E-state index in [1.54, 1.807) is 31.4 Å². The van der Waals surface area contributed by atoms with Gasteiger partial charge >= 0.3 is 0 Å². The van der Waals surface area contributed by atoms with Crippen LogP contribution in [0.25, 0.3) is 0 Å². The van der Waals surface area contributed by atoms with Crippen LogP contribution in [0, 0.1) is 5.82 Å². The molecule has 0 aliphatic heterocycles. The molecule has 0 radical (unpaired) electrons. The fraction of sp³-hybridized carbons (Fsp3) is 0.0714. The van der Waals surface area contributed by atoms with E-state index < -0.39 is 5.82 Å². The summed E-state index contributed by atoms with van der Waals surface area (Å²) in [4.78, 5) is -0.0530. The molecule has 2 N–H and O–H groups in total. The average molecular weight is 356 g/mol. The Hall–Kier alpha value is -1.66. The SMILES string of the molecule is COc1ccc(Oc2cccc(F)c2C(N)=S)c(Br)c1. The molecule has 0 atom stereocenters. The van der Waals surface area contributed by atoms with Crippen molar-refractivity contribution in [1.82, 2.24) is 0 Å². The molecule has 3 nitrogen and oxygen atoms in total. The fourth-order valence-corrected chi connectivity index (χ4v) is 2.28. The van der Waals surface area contributed by atoms with Gasteiger partial charge in [0.1, 0.15) is 28.1 Å². The van der Waals surface area contributed by atoms with Crippen LogP contribution < -0.4 is 15.2 Å². The molecule has 0 spiro atoms. The molecule has 104 valence electrons. The van der Waals surface area contributed by atoms with Gasteiger partial charge in [-0.25, -0.2) is 4.39 Å². The van der Waals surface area contributed by atoms with Gasteiger partial charge in [-0.2, -0.15) is 0 Å². The van der Waals surface area contributed by atoms with Crippen LogP contribution in [0.4, 0.5) is 4.39 Å². The number of nitrogens with two attached hydrogens (primary N) is 1. The molecule has 6 heteroatoms. The molecule has 0 bridgehead atoms. The lowest BCUT2D eigenvalue weighted by molar-refractivity contribution is 0.412. The second kappa shape index (κ2) is 6.19. The normalized spacial score (nSPS) is 10.2. The van der Waals surface area contributed by atoms with Gasteiger partial charge in [-0.3, -0.25) is 0 Å². The maximum Gasteiger partial charge on any atom is 0.141 e. The minimum atomic E-state index is -0.514. The molecule has 2 rings (SSSR count). The van der Waals surface area contributed by atoms with E-state index in [1.165, 1.54) is 12.1 Å². The summed E-state index contributed by atoms with van der Waals surface area (Å²) in [6.45, 7) is 0. The Morgan fingerprint density at radius 2 is 2.00 bits per heavy atom. The van der Waals surface area contributed by atoms with E-state index in [4.69, 9.17) is 27.4 Å². The molecule has 0 aliphatic rings. The predicted molar refractivity (Wildman–Crippen MR) is 83.1 cm³/mol. The highest BCUT2D eigenvalue weighted by Crippen LogP contribution is 2.34. The zero-order valence-electron chi connectivity index (χ0n) is 10.5. The Morgan fingerprint density at radius 3 is 2.60 bits per heavy atom. The minimum absolute atomic E-state index is 0.0530. The fourth-order valence-electron chi connectivity index (χ4n) is 1.64. The summed E-state index contributed by atoms with van der Waals surface area (Å²) in [5.74, 6) is 0.940. The Bertz CT molecular complexity index is 664. The molecule has 0 saturated heterocycles. The van der Waals surface area contributed by atoms with Crippen molar-refractivity contribution in [2.75, 3.05) is 7.11 Å². The maximum absolute atomic E-state index is 13.7. The molecule has 0 unspecified atom stereocenters. The molecule has 0 amide bonds. The molecule has 20 heavy (non-hydrogen) atoms. The summed E-state index contributed by atoms with van der Waals surface area (Å²) >= 11 is 8.21. The van der Waals surface area contributed by atoms with Crippen LogP contribution >= 0.6 is 28.1 Å². The Morgan fingerprint density at radius 1 is 1.25 bits per heavy atom. The molecule has 0 fully saturated rings. The first kappa shape index (κ1) is 14.7. The summed E-state index contributed by atoms with van der Waals surface area (Å²) in [5.41, 5.74) is 5.62. The molecule has 2 aromatic carbocycles. The second-order valence-corrected chi connectivity index (χ2v) is 5.17. The van der Waals surface area contributed by atoms with Crippen molar-refractivity contribution in [2.45, 2.75) is 0 Å². The first-order valence-corrected chi connectivity index (χ1v) is 6.82. The lowest BCUT2D eigenvalue weighted by atomic mass is 10.2. The van der Waals surface area contributed by atoms with E-state index in [1.807, 2.05) is 0 Å². The van der Waals surface area contributed by atoms with Gasteiger partial charge in [0.15, 0.2) is 0 Å². The monoisotopic (exact) mass is 355 g/mol. The Balaban J connectivity index is 2.40. The number of rotatable bonds is 4. The van der Waals surface area contributed by atoms with Crippen molar-refractivity contribution >= 4 is 33.1 Å². The number of halogens is 2. The molecule has 0 heterocycles. The van der Waals surface area contributed by atoms with Crippen molar-refractivity contribution in [3.8, 4) is 17.2 Å². The first-order valence-electron chi connectivity index (χ1n) is 5.62. The highest BCUT2D eigenvalue weighted by Gasteiger charge is 2.14. The first-order chi connectivity index (χ1) is 9.52. The van der Waals surface area contributed by atoms with E-state index in [9.17, 15) is 4.39 Å². The number of hydrogen-bond donors (Lipinski definition) is 1. The second-order valence-electron chi connectivity index (χ2n) is 3.88. The van der Waals surface area contributed by atoms with Gasteiger partial charge in [0.05, 0.1) is 17.1 Å². The molecule has 0 saturated carbocycles. The van der Waals surface area contributed by atoms with Crippen molar-refractivity contribution < 1.29 is 13.9 Å². The quantitative estimate of drug-likeness (QED) is 0.841. The summed E-state index contributed by atoms with van der Waals surface area (Å²) in [7, 11) is 1.57. The van der Waals surface area contributed by atoms with Crippen LogP contribution in [0.15, 0.2) is 40.9 Å². The van der Waals surface area contributed by atoms with Crippen LogP contribution in [-0.4, -0.2) is 12.1 Å². The predicted octanol–water partition coefficient (Wildman–Crippen LogP) is 4.02. The third-order valence-corrected chi connectivity index (χ3v) is 3.40. The van der Waals surface area contributed by atoms with E-state index in [0.29, 0.717) is 16.0 Å². The van der Waals surface area contributed by atoms with Crippen LogP contribution in [0.1, 0.15) is 5.56 Å². The van der Waals surface area contributed by atoms with Crippen molar-refractivity contribution in [2.24, 2.45) is 5.73 Å². The number of thiocarbonyl (C=S) groups is 1. The maximum atomic E-state index is 13.7. The molecular weight excluding hydrogens is 345 g/mol. The Kier molecular flexibility index (Phi) is 4.57. The third kappa shape index (κ3) is 3.08. The largest absolute Gasteiger partial charge is 0.497 e. The van der Waals surface area contributed by atoms with Gasteiger partial charge in [0, 0.05) is 0 Å². The summed E-state index contributed by atoms with van der Waals surface area (Å²) in [5, 5.41) is 0. The highest BCUT2D eigenvalue weighted by atomic mass is 79.9. The zero-order chi connectivity index (χ0) is 14.7. The molecule has 0 aromatic heterocycles. The van der Waals surface area contributed by atoms with Crippen LogP contribution in [0.5, 0.6) is 17.2 Å². The molecule has 0 aliphatic carbocycles. The summed E-state index contributed by atoms with van der Waals surface area (Å²) in [6, 6.07) is 9.61. The minimum Gasteiger partial charge on any atom is -0.497 e. The van der Waals surface area contributed by atoms with E-state index >= 15 is 0 Å². The zero-order valence-corrected chi connectivity index (χ0v) is 12.9. The Labute approximate surface area is 129 Å². The van der Waals surface area contributed by atoms with Gasteiger partial charge in [-0.1, -0.05) is 18.3 Å². The van der Waals surface area contributed by atoms with Crippen LogP contribution in [0.3, 0.4) is 0 Å². The van der Waals surface area contributed by atoms with Crippen LogP contribution in [0.2, 0.25) is 0 Å². The van der Waals surface area contributed by atoms with Crippen molar-refractivity contribution in [1.29, 1.82) is 0 Å².